The number of imidazole rings is 1. The third kappa shape index (κ3) is 3.31. The van der Waals surface area contributed by atoms with Gasteiger partial charge in [0.15, 0.2) is 11.2 Å². The van der Waals surface area contributed by atoms with Gasteiger partial charge >= 0.3 is 11.8 Å². The lowest BCUT2D eigenvalue weighted by atomic mass is 10.1. The smallest absolute Gasteiger partial charge is 0.408 e. The van der Waals surface area contributed by atoms with Gasteiger partial charge in [-0.1, -0.05) is 0 Å². The van der Waals surface area contributed by atoms with Crippen LogP contribution in [0.4, 0.5) is 4.79 Å². The maximum absolute atomic E-state index is 12.2. The molecule has 136 valence electrons. The molecular weight excluding hydrogens is 326 g/mol. The van der Waals surface area contributed by atoms with Gasteiger partial charge in [0.25, 0.3) is 5.56 Å². The summed E-state index contributed by atoms with van der Waals surface area (Å²) < 4.78 is 8.26. The minimum atomic E-state index is -0.606. The zero-order valence-corrected chi connectivity index (χ0v) is 15.0. The van der Waals surface area contributed by atoms with Crippen LogP contribution in [0.25, 0.3) is 11.2 Å². The molecule has 0 bridgehead atoms. The summed E-state index contributed by atoms with van der Waals surface area (Å²) in [7, 11) is 3.25. The van der Waals surface area contributed by atoms with Crippen LogP contribution >= 0.6 is 0 Å². The molecule has 9 nitrogen and oxygen atoms in total. The number of aromatic amines is 1. The molecular formula is C16H23N5O4. The third-order valence-corrected chi connectivity index (χ3v) is 4.21. The second-order valence-corrected chi connectivity index (χ2v) is 7.48. The summed E-state index contributed by atoms with van der Waals surface area (Å²) in [6.45, 7) is 5.38. The Balaban J connectivity index is 2.03. The molecule has 0 radical (unpaired) electrons. The highest BCUT2D eigenvalue weighted by Gasteiger charge is 2.37. The molecule has 0 saturated heterocycles. The molecule has 1 aliphatic rings. The number of aromatic nitrogens is 4. The van der Waals surface area contributed by atoms with Gasteiger partial charge in [-0.05, 0) is 39.5 Å². The highest BCUT2D eigenvalue weighted by Crippen LogP contribution is 2.41. The second-order valence-electron chi connectivity index (χ2n) is 7.48. The molecule has 1 amide bonds. The van der Waals surface area contributed by atoms with Crippen molar-refractivity contribution >= 4 is 17.3 Å². The van der Waals surface area contributed by atoms with Crippen molar-refractivity contribution in [2.24, 2.45) is 20.0 Å². The standard InChI is InChI=1S/C16H23N5O4/c1-16(2,3)25-15(24)17-9(8-6-7-8)11-18-12-10(20(11)4)13(22)19-14(23)21(12)5/h8-9H,6-7H2,1-5H3,(H,17,24)(H,19,22,23). The van der Waals surface area contributed by atoms with Crippen molar-refractivity contribution in [3.8, 4) is 0 Å². The first-order chi connectivity index (χ1) is 11.6. The summed E-state index contributed by atoms with van der Waals surface area (Å²) in [6.07, 6.45) is 1.39. The fourth-order valence-electron chi connectivity index (χ4n) is 2.86. The number of nitrogens with one attached hydrogen (secondary N) is 2. The highest BCUT2D eigenvalue weighted by molar-refractivity contribution is 5.72. The van der Waals surface area contributed by atoms with Crippen LogP contribution in [0.15, 0.2) is 9.59 Å². The molecule has 1 atom stereocenters. The van der Waals surface area contributed by atoms with Crippen molar-refractivity contribution in [3.63, 3.8) is 0 Å². The Labute approximate surface area is 144 Å². The third-order valence-electron chi connectivity index (χ3n) is 4.21. The first-order valence-electron chi connectivity index (χ1n) is 8.23. The van der Waals surface area contributed by atoms with Crippen LogP contribution in [-0.4, -0.2) is 30.8 Å². The summed E-state index contributed by atoms with van der Waals surface area (Å²) in [6, 6.07) is -0.373. The van der Waals surface area contributed by atoms with Crippen molar-refractivity contribution in [3.05, 3.63) is 26.7 Å². The summed E-state index contributed by atoms with van der Waals surface area (Å²) in [5, 5.41) is 2.86. The second kappa shape index (κ2) is 5.75. The number of H-pyrrole nitrogens is 1. The fraction of sp³-hybridized carbons (Fsp3) is 0.625. The van der Waals surface area contributed by atoms with E-state index < -0.39 is 22.9 Å². The van der Waals surface area contributed by atoms with Gasteiger partial charge in [-0.2, -0.15) is 0 Å². The van der Waals surface area contributed by atoms with Crippen LogP contribution in [0, 0.1) is 5.92 Å². The van der Waals surface area contributed by atoms with E-state index in [-0.39, 0.29) is 12.0 Å². The number of carbonyl (C=O) groups excluding carboxylic acids is 1. The lowest BCUT2D eigenvalue weighted by Crippen LogP contribution is -2.36. The number of amides is 1. The van der Waals surface area contributed by atoms with Gasteiger partial charge < -0.3 is 14.6 Å². The van der Waals surface area contributed by atoms with Crippen LogP contribution in [0.5, 0.6) is 0 Å². The van der Waals surface area contributed by atoms with Crippen molar-refractivity contribution < 1.29 is 9.53 Å². The molecule has 9 heteroatoms. The quantitative estimate of drug-likeness (QED) is 0.856. The van der Waals surface area contributed by atoms with Crippen molar-refractivity contribution in [1.29, 1.82) is 0 Å². The normalized spacial score (nSPS) is 16.0. The lowest BCUT2D eigenvalue weighted by molar-refractivity contribution is 0.0493. The number of ether oxygens (including phenoxy) is 1. The number of nitrogens with zero attached hydrogens (tertiary/aromatic N) is 3. The zero-order chi connectivity index (χ0) is 18.5. The van der Waals surface area contributed by atoms with Gasteiger partial charge in [0.2, 0.25) is 0 Å². The first-order valence-corrected chi connectivity index (χ1v) is 8.23. The average Bonchev–Trinajstić information content (AvgIpc) is 3.24. The van der Waals surface area contributed by atoms with E-state index in [1.807, 2.05) is 0 Å². The monoisotopic (exact) mass is 349 g/mol. The lowest BCUT2D eigenvalue weighted by Gasteiger charge is -2.23. The fourth-order valence-corrected chi connectivity index (χ4v) is 2.86. The molecule has 0 spiro atoms. The van der Waals surface area contributed by atoms with Crippen LogP contribution in [-0.2, 0) is 18.8 Å². The number of hydrogen-bond acceptors (Lipinski definition) is 5. The Morgan fingerprint density at radius 2 is 1.92 bits per heavy atom. The number of aryl methyl sites for hydroxylation is 2. The summed E-state index contributed by atoms with van der Waals surface area (Å²) in [5.74, 6) is 0.772. The van der Waals surface area contributed by atoms with Crippen LogP contribution in [0.2, 0.25) is 0 Å². The molecule has 1 aliphatic carbocycles. The van der Waals surface area contributed by atoms with E-state index in [1.165, 1.54) is 4.57 Å². The van der Waals surface area contributed by atoms with E-state index in [2.05, 4.69) is 15.3 Å². The topological polar surface area (TPSA) is 111 Å². The summed E-state index contributed by atoms with van der Waals surface area (Å²) in [5.41, 5.74) is -1.03. The van der Waals surface area contributed by atoms with E-state index in [4.69, 9.17) is 4.74 Å². The molecule has 1 unspecified atom stereocenters. The molecule has 2 aromatic rings. The summed E-state index contributed by atoms with van der Waals surface area (Å²) in [4.78, 5) is 42.9. The SMILES string of the molecule is Cn1c(C(NC(=O)OC(C)(C)C)C2CC2)nc2c1c(=O)[nH]c(=O)n2C. The van der Waals surface area contributed by atoms with Crippen LogP contribution < -0.4 is 16.6 Å². The Morgan fingerprint density at radius 3 is 2.48 bits per heavy atom. The predicted molar refractivity (Wildman–Crippen MR) is 91.4 cm³/mol. The number of alkyl carbamates (subject to hydrolysis) is 1. The molecule has 2 N–H and O–H groups in total. The maximum Gasteiger partial charge on any atom is 0.408 e. The Kier molecular flexibility index (Phi) is 3.97. The number of rotatable bonds is 3. The van der Waals surface area contributed by atoms with Crippen molar-refractivity contribution in [1.82, 2.24) is 24.4 Å². The number of fused-ring (bicyclic) bond motifs is 1. The molecule has 2 aromatic heterocycles. The number of hydrogen-bond donors (Lipinski definition) is 2. The number of carbonyl (C=O) groups is 1. The van der Waals surface area contributed by atoms with Gasteiger partial charge in [0.1, 0.15) is 11.4 Å². The minimum Gasteiger partial charge on any atom is -0.444 e. The first kappa shape index (κ1) is 17.2. The molecule has 1 saturated carbocycles. The summed E-state index contributed by atoms with van der Waals surface area (Å²) >= 11 is 0. The van der Waals surface area contributed by atoms with E-state index in [1.54, 1.807) is 39.4 Å². The van der Waals surface area contributed by atoms with Gasteiger partial charge in [-0.3, -0.25) is 14.3 Å². The van der Waals surface area contributed by atoms with E-state index in [9.17, 15) is 14.4 Å². The largest absolute Gasteiger partial charge is 0.444 e. The molecule has 0 aromatic carbocycles. The zero-order valence-electron chi connectivity index (χ0n) is 15.0. The van der Waals surface area contributed by atoms with E-state index >= 15 is 0 Å². The highest BCUT2D eigenvalue weighted by atomic mass is 16.6. The Bertz CT molecular complexity index is 942. The predicted octanol–water partition coefficient (Wildman–Crippen LogP) is 0.936. The van der Waals surface area contributed by atoms with Gasteiger partial charge in [-0.25, -0.2) is 14.6 Å². The molecule has 2 heterocycles. The van der Waals surface area contributed by atoms with Gasteiger partial charge in [-0.15, -0.1) is 0 Å². The van der Waals surface area contributed by atoms with E-state index in [0.717, 1.165) is 12.8 Å². The van der Waals surface area contributed by atoms with E-state index in [0.29, 0.717) is 17.0 Å². The average molecular weight is 349 g/mol. The van der Waals surface area contributed by atoms with Crippen molar-refractivity contribution in [2.45, 2.75) is 45.3 Å². The van der Waals surface area contributed by atoms with Crippen molar-refractivity contribution in [2.75, 3.05) is 0 Å². The van der Waals surface area contributed by atoms with Crippen LogP contribution in [0.3, 0.4) is 0 Å². The molecule has 3 rings (SSSR count). The Morgan fingerprint density at radius 1 is 1.28 bits per heavy atom. The molecule has 25 heavy (non-hydrogen) atoms. The Hall–Kier alpha value is -2.58. The molecule has 0 aliphatic heterocycles. The van der Waals surface area contributed by atoms with Gasteiger partial charge in [0, 0.05) is 14.1 Å². The van der Waals surface area contributed by atoms with Crippen LogP contribution in [0.1, 0.15) is 45.5 Å². The minimum absolute atomic E-state index is 0.235. The maximum atomic E-state index is 12.2. The van der Waals surface area contributed by atoms with Gasteiger partial charge in [0.05, 0.1) is 6.04 Å². The molecule has 1 fully saturated rings.